The minimum absolute atomic E-state index is 0.114. The fourth-order valence-electron chi connectivity index (χ4n) is 3.36. The molecule has 2 heterocycles. The number of hydrogen-bond donors (Lipinski definition) is 3. The summed E-state index contributed by atoms with van der Waals surface area (Å²) in [6.07, 6.45) is 6.79. The molecule has 0 bridgehead atoms. The molecule has 0 radical (unpaired) electrons. The second kappa shape index (κ2) is 9.36. The van der Waals surface area contributed by atoms with E-state index in [1.54, 1.807) is 17.8 Å². The van der Waals surface area contributed by atoms with Crippen LogP contribution in [0.3, 0.4) is 0 Å². The number of aromatic nitrogens is 2. The van der Waals surface area contributed by atoms with Gasteiger partial charge in [0, 0.05) is 17.6 Å². The Labute approximate surface area is 178 Å². The summed E-state index contributed by atoms with van der Waals surface area (Å²) in [5.74, 6) is -0.980. The lowest BCUT2D eigenvalue weighted by molar-refractivity contribution is 0.0526. The first kappa shape index (κ1) is 21.3. The van der Waals surface area contributed by atoms with Crippen molar-refractivity contribution in [1.82, 2.24) is 9.78 Å². The van der Waals surface area contributed by atoms with Crippen molar-refractivity contribution in [2.75, 3.05) is 17.2 Å². The molecule has 0 fully saturated rings. The van der Waals surface area contributed by atoms with E-state index in [1.807, 2.05) is 6.92 Å². The average molecular weight is 436 g/mol. The van der Waals surface area contributed by atoms with Gasteiger partial charge in [-0.25, -0.2) is 4.79 Å². The quantitative estimate of drug-likeness (QED) is 0.362. The molecule has 0 unspecified atom stereocenters. The number of nitrogens with two attached hydrogens (primary N) is 1. The predicted octanol–water partition coefficient (Wildman–Crippen LogP) is 3.32. The third kappa shape index (κ3) is 4.76. The van der Waals surface area contributed by atoms with Crippen molar-refractivity contribution in [2.24, 2.45) is 5.73 Å². The molecular formula is C19H25N5O3S2. The number of rotatable bonds is 6. The van der Waals surface area contributed by atoms with E-state index in [0.29, 0.717) is 29.4 Å². The number of esters is 1. The molecule has 2 aromatic heterocycles. The van der Waals surface area contributed by atoms with Gasteiger partial charge in [-0.15, -0.1) is 11.3 Å². The number of thiophene rings is 1. The molecule has 8 nitrogen and oxygen atoms in total. The number of hydrogen-bond acceptors (Lipinski definition) is 6. The van der Waals surface area contributed by atoms with Crippen LogP contribution in [0.15, 0.2) is 6.20 Å². The summed E-state index contributed by atoms with van der Waals surface area (Å²) in [5, 5.41) is 11.2. The van der Waals surface area contributed by atoms with E-state index in [9.17, 15) is 9.59 Å². The SMILES string of the molecule is CCOC(=O)c1c(NC(=S)Nc2cn(CC)nc2C(N)=O)sc2c1CCCCC2. The van der Waals surface area contributed by atoms with Crippen LogP contribution in [0.1, 0.15) is 64.4 Å². The van der Waals surface area contributed by atoms with Crippen molar-refractivity contribution < 1.29 is 14.3 Å². The Morgan fingerprint density at radius 2 is 2.03 bits per heavy atom. The van der Waals surface area contributed by atoms with E-state index in [4.69, 9.17) is 22.7 Å². The standard InChI is InChI=1S/C19H25N5O3S2/c1-3-24-10-12(15(23-24)16(20)25)21-19(28)22-17-14(18(26)27-4-2)11-8-6-5-7-9-13(11)29-17/h10H,3-9H2,1-2H3,(H2,20,25)(H2,21,22,28). The number of ether oxygens (including phenoxy) is 1. The van der Waals surface area contributed by atoms with Gasteiger partial charge in [-0.1, -0.05) is 6.42 Å². The highest BCUT2D eigenvalue weighted by Crippen LogP contribution is 2.38. The van der Waals surface area contributed by atoms with E-state index in [2.05, 4.69) is 15.7 Å². The van der Waals surface area contributed by atoms with Gasteiger partial charge in [0.25, 0.3) is 5.91 Å². The molecule has 1 aliphatic rings. The molecule has 2 aromatic rings. The van der Waals surface area contributed by atoms with E-state index < -0.39 is 5.91 Å². The maximum absolute atomic E-state index is 12.6. The van der Waals surface area contributed by atoms with E-state index in [1.165, 1.54) is 16.2 Å². The van der Waals surface area contributed by atoms with Crippen LogP contribution < -0.4 is 16.4 Å². The number of fused-ring (bicyclic) bond motifs is 1. The largest absolute Gasteiger partial charge is 0.462 e. The molecule has 0 aliphatic heterocycles. The molecule has 0 aromatic carbocycles. The number of primary amides is 1. The Morgan fingerprint density at radius 1 is 1.28 bits per heavy atom. The van der Waals surface area contributed by atoms with Crippen LogP contribution in [-0.2, 0) is 24.1 Å². The fraction of sp³-hybridized carbons (Fsp3) is 0.474. The van der Waals surface area contributed by atoms with Gasteiger partial charge in [0.2, 0.25) is 0 Å². The number of carbonyl (C=O) groups excluding carboxylic acids is 2. The van der Waals surface area contributed by atoms with Crippen LogP contribution in [0, 0.1) is 0 Å². The van der Waals surface area contributed by atoms with Crippen molar-refractivity contribution in [3.05, 3.63) is 27.9 Å². The maximum Gasteiger partial charge on any atom is 0.341 e. The minimum Gasteiger partial charge on any atom is -0.462 e. The zero-order valence-electron chi connectivity index (χ0n) is 16.5. The number of carbonyl (C=O) groups is 2. The molecule has 0 saturated carbocycles. The Hall–Kier alpha value is -2.46. The highest BCUT2D eigenvalue weighted by molar-refractivity contribution is 7.80. The van der Waals surface area contributed by atoms with Gasteiger partial charge in [0.05, 0.1) is 17.9 Å². The Morgan fingerprint density at radius 3 is 2.72 bits per heavy atom. The predicted molar refractivity (Wildman–Crippen MR) is 118 cm³/mol. The summed E-state index contributed by atoms with van der Waals surface area (Å²) >= 11 is 6.97. The number of aryl methyl sites for hydroxylation is 2. The number of amides is 1. The molecule has 0 atom stereocenters. The first-order valence-electron chi connectivity index (χ1n) is 9.71. The Balaban J connectivity index is 1.86. The summed E-state index contributed by atoms with van der Waals surface area (Å²) in [6, 6.07) is 0. The summed E-state index contributed by atoms with van der Waals surface area (Å²) in [7, 11) is 0. The number of thiocarbonyl (C=S) groups is 1. The monoisotopic (exact) mass is 435 g/mol. The van der Waals surface area contributed by atoms with Crippen LogP contribution in [0.25, 0.3) is 0 Å². The molecule has 29 heavy (non-hydrogen) atoms. The molecule has 10 heteroatoms. The van der Waals surface area contributed by atoms with Crippen molar-refractivity contribution in [3.63, 3.8) is 0 Å². The number of nitrogens with one attached hydrogen (secondary N) is 2. The van der Waals surface area contributed by atoms with Crippen molar-refractivity contribution in [3.8, 4) is 0 Å². The smallest absolute Gasteiger partial charge is 0.341 e. The summed E-state index contributed by atoms with van der Waals surface area (Å²) in [6.45, 7) is 4.60. The van der Waals surface area contributed by atoms with E-state index >= 15 is 0 Å². The van der Waals surface area contributed by atoms with Gasteiger partial charge in [-0.05, 0) is 57.3 Å². The van der Waals surface area contributed by atoms with Crippen LogP contribution in [0.4, 0.5) is 10.7 Å². The van der Waals surface area contributed by atoms with Crippen molar-refractivity contribution in [1.29, 1.82) is 0 Å². The summed E-state index contributed by atoms with van der Waals surface area (Å²) < 4.78 is 6.89. The third-order valence-electron chi connectivity index (χ3n) is 4.70. The lowest BCUT2D eigenvalue weighted by atomic mass is 10.1. The van der Waals surface area contributed by atoms with Gasteiger partial charge in [0.15, 0.2) is 10.8 Å². The van der Waals surface area contributed by atoms with Gasteiger partial charge in [-0.2, -0.15) is 5.10 Å². The zero-order chi connectivity index (χ0) is 21.0. The van der Waals surface area contributed by atoms with Crippen LogP contribution in [-0.4, -0.2) is 33.4 Å². The zero-order valence-corrected chi connectivity index (χ0v) is 18.2. The molecule has 1 amide bonds. The second-order valence-electron chi connectivity index (χ2n) is 6.68. The van der Waals surface area contributed by atoms with Crippen molar-refractivity contribution in [2.45, 2.75) is 52.5 Å². The first-order valence-corrected chi connectivity index (χ1v) is 10.9. The Kier molecular flexibility index (Phi) is 6.86. The first-order chi connectivity index (χ1) is 13.9. The highest BCUT2D eigenvalue weighted by atomic mass is 32.1. The van der Waals surface area contributed by atoms with Gasteiger partial charge in [0.1, 0.15) is 5.00 Å². The molecule has 0 saturated heterocycles. The number of anilines is 2. The summed E-state index contributed by atoms with van der Waals surface area (Å²) in [4.78, 5) is 25.5. The molecule has 156 valence electrons. The molecule has 1 aliphatic carbocycles. The maximum atomic E-state index is 12.6. The number of nitrogens with zero attached hydrogens (tertiary/aromatic N) is 2. The van der Waals surface area contributed by atoms with Crippen LogP contribution in [0.5, 0.6) is 0 Å². The topological polar surface area (TPSA) is 111 Å². The van der Waals surface area contributed by atoms with E-state index in [-0.39, 0.29) is 16.8 Å². The second-order valence-corrected chi connectivity index (χ2v) is 8.19. The van der Waals surface area contributed by atoms with Gasteiger partial charge < -0.3 is 21.1 Å². The van der Waals surface area contributed by atoms with Gasteiger partial charge in [-0.3, -0.25) is 9.48 Å². The molecule has 0 spiro atoms. The van der Waals surface area contributed by atoms with Gasteiger partial charge >= 0.3 is 5.97 Å². The highest BCUT2D eigenvalue weighted by Gasteiger charge is 2.26. The lowest BCUT2D eigenvalue weighted by Gasteiger charge is -2.11. The van der Waals surface area contributed by atoms with Crippen LogP contribution >= 0.6 is 23.6 Å². The Bertz CT molecular complexity index is 935. The molecular weight excluding hydrogens is 410 g/mol. The lowest BCUT2D eigenvalue weighted by Crippen LogP contribution is -2.22. The van der Waals surface area contributed by atoms with Crippen LogP contribution in [0.2, 0.25) is 0 Å². The third-order valence-corrected chi connectivity index (χ3v) is 6.11. The minimum atomic E-state index is -0.641. The molecule has 4 N–H and O–H groups in total. The van der Waals surface area contributed by atoms with Crippen molar-refractivity contribution >= 4 is 51.2 Å². The summed E-state index contributed by atoms with van der Waals surface area (Å²) in [5.41, 5.74) is 7.58. The molecule has 3 rings (SSSR count). The fourth-order valence-corrected chi connectivity index (χ4v) is 4.92. The normalized spacial score (nSPS) is 13.3. The van der Waals surface area contributed by atoms with E-state index in [0.717, 1.165) is 37.7 Å². The average Bonchev–Trinajstić information content (AvgIpc) is 3.15.